The molecule has 2 amide bonds. The number of amides is 2. The normalized spacial score (nSPS) is 12.1. The maximum atomic E-state index is 13.5. The van der Waals surface area contributed by atoms with Crippen LogP contribution in [-0.4, -0.2) is 46.9 Å². The number of nitrogens with zero attached hydrogens (tertiary/aromatic N) is 4. The number of rotatable bonds is 9. The van der Waals surface area contributed by atoms with Crippen molar-refractivity contribution in [1.82, 2.24) is 20.3 Å². The number of nitrogens with one attached hydrogen (secondary N) is 1. The third-order valence-corrected chi connectivity index (χ3v) is 7.18. The number of aryl methyl sites for hydroxylation is 1. The van der Waals surface area contributed by atoms with Gasteiger partial charge in [0.25, 0.3) is 0 Å². The average molecular weight is 540 g/mol. The fourth-order valence-corrected chi connectivity index (χ4v) is 4.75. The summed E-state index contributed by atoms with van der Waals surface area (Å²) < 4.78 is 31.0. The molecule has 1 atom stereocenters. The predicted molar refractivity (Wildman–Crippen MR) is 136 cm³/mol. The van der Waals surface area contributed by atoms with Gasteiger partial charge in [0.15, 0.2) is 28.0 Å². The van der Waals surface area contributed by atoms with E-state index in [2.05, 4.69) is 20.3 Å². The lowest BCUT2D eigenvalue weighted by Crippen LogP contribution is -2.46. The van der Waals surface area contributed by atoms with Crippen LogP contribution in [0.15, 0.2) is 89.0 Å². The lowest BCUT2D eigenvalue weighted by atomic mass is 10.1. The first-order valence-corrected chi connectivity index (χ1v) is 13.2. The van der Waals surface area contributed by atoms with Crippen molar-refractivity contribution in [3.05, 3.63) is 91.0 Å². The zero-order valence-electron chi connectivity index (χ0n) is 19.6. The van der Waals surface area contributed by atoms with Crippen LogP contribution in [0.5, 0.6) is 0 Å². The topological polar surface area (TPSA) is 135 Å². The van der Waals surface area contributed by atoms with Gasteiger partial charge < -0.3 is 9.73 Å². The predicted octanol–water partition coefficient (Wildman–Crippen LogP) is 3.30. The number of hydrogen-bond acceptors (Lipinski definition) is 8. The number of hydrogen-bond donors (Lipinski definition) is 1. The summed E-state index contributed by atoms with van der Waals surface area (Å²) in [4.78, 5) is 39.8. The monoisotopic (exact) mass is 539 g/mol. The lowest BCUT2D eigenvalue weighted by molar-refractivity contribution is -0.125. The third-order valence-electron chi connectivity index (χ3n) is 5.43. The molecule has 0 bridgehead atoms. The van der Waals surface area contributed by atoms with Crippen molar-refractivity contribution in [2.45, 2.75) is 17.9 Å². The van der Waals surface area contributed by atoms with Gasteiger partial charge in [-0.15, -0.1) is 11.6 Å². The van der Waals surface area contributed by atoms with Gasteiger partial charge in [-0.3, -0.25) is 24.5 Å². The molecule has 0 fully saturated rings. The van der Waals surface area contributed by atoms with Gasteiger partial charge in [-0.1, -0.05) is 17.7 Å². The Balaban J connectivity index is 1.67. The molecule has 2 heterocycles. The number of sulfone groups is 1. The molecule has 0 aliphatic heterocycles. The highest BCUT2D eigenvalue weighted by molar-refractivity contribution is 7.91. The second kappa shape index (κ2) is 11.3. The molecule has 190 valence electrons. The van der Waals surface area contributed by atoms with Crippen molar-refractivity contribution in [2.75, 3.05) is 16.7 Å². The third kappa shape index (κ3) is 6.01. The summed E-state index contributed by atoms with van der Waals surface area (Å²) in [6.07, 6.45) is 6.96. The molecule has 37 heavy (non-hydrogen) atoms. The van der Waals surface area contributed by atoms with Gasteiger partial charge >= 0.3 is 0 Å². The van der Waals surface area contributed by atoms with E-state index >= 15 is 0 Å². The van der Waals surface area contributed by atoms with Crippen LogP contribution in [0.1, 0.15) is 17.3 Å². The van der Waals surface area contributed by atoms with Crippen molar-refractivity contribution in [1.29, 1.82) is 0 Å². The zero-order valence-corrected chi connectivity index (χ0v) is 21.2. The largest absolute Gasteiger partial charge is 0.444 e. The first kappa shape index (κ1) is 26.0. The Labute approximate surface area is 218 Å². The van der Waals surface area contributed by atoms with Gasteiger partial charge in [0, 0.05) is 23.6 Å². The van der Waals surface area contributed by atoms with E-state index in [1.54, 1.807) is 42.6 Å². The first-order valence-electron chi connectivity index (χ1n) is 11.0. The van der Waals surface area contributed by atoms with Gasteiger partial charge in [0.2, 0.25) is 11.8 Å². The number of carbonyl (C=O) groups is 2. The van der Waals surface area contributed by atoms with Gasteiger partial charge in [0.05, 0.1) is 23.0 Å². The van der Waals surface area contributed by atoms with E-state index in [0.717, 1.165) is 10.5 Å². The fraction of sp³-hybridized carbons (Fsp3) is 0.160. The van der Waals surface area contributed by atoms with E-state index in [0.29, 0.717) is 17.0 Å². The van der Waals surface area contributed by atoms with E-state index in [4.69, 9.17) is 16.0 Å². The van der Waals surface area contributed by atoms with Crippen LogP contribution in [0.4, 0.5) is 5.69 Å². The van der Waals surface area contributed by atoms with Gasteiger partial charge in [-0.05, 0) is 43.3 Å². The minimum atomic E-state index is -3.85. The second-order valence-corrected chi connectivity index (χ2v) is 10.2. The van der Waals surface area contributed by atoms with E-state index in [9.17, 15) is 18.0 Å². The Morgan fingerprint density at radius 3 is 2.35 bits per heavy atom. The molecular weight excluding hydrogens is 518 g/mol. The Hall–Kier alpha value is -4.09. The molecule has 0 saturated heterocycles. The van der Waals surface area contributed by atoms with Gasteiger partial charge in [0.1, 0.15) is 11.8 Å². The smallest absolute Gasteiger partial charge is 0.250 e. The molecule has 2 aromatic carbocycles. The van der Waals surface area contributed by atoms with Crippen molar-refractivity contribution in [3.8, 4) is 11.3 Å². The highest BCUT2D eigenvalue weighted by Crippen LogP contribution is 2.29. The molecular formula is C25H22ClN5O5S. The number of halogens is 1. The zero-order chi connectivity index (χ0) is 26.4. The fourth-order valence-electron chi connectivity index (χ4n) is 3.57. The second-order valence-electron chi connectivity index (χ2n) is 7.96. The lowest BCUT2D eigenvalue weighted by Gasteiger charge is -2.30. The molecule has 0 saturated carbocycles. The Bertz CT molecular complexity index is 1460. The molecule has 0 spiro atoms. The number of alkyl halides is 1. The van der Waals surface area contributed by atoms with Crippen molar-refractivity contribution < 1.29 is 22.4 Å². The number of aromatic nitrogens is 3. The molecule has 1 unspecified atom stereocenters. The maximum Gasteiger partial charge on any atom is 0.250 e. The summed E-state index contributed by atoms with van der Waals surface area (Å²) in [5.41, 5.74) is 2.06. The average Bonchev–Trinajstić information content (AvgIpc) is 3.46. The van der Waals surface area contributed by atoms with E-state index < -0.39 is 39.5 Å². The molecule has 2 aromatic heterocycles. The molecule has 4 rings (SSSR count). The molecule has 12 heteroatoms. The van der Waals surface area contributed by atoms with Crippen LogP contribution in [0.3, 0.4) is 0 Å². The number of anilines is 1. The molecule has 1 N–H and O–H groups in total. The van der Waals surface area contributed by atoms with Gasteiger partial charge in [-0.25, -0.2) is 13.4 Å². The summed E-state index contributed by atoms with van der Waals surface area (Å²) in [5.74, 6) is -1.96. The molecule has 4 aromatic rings. The highest BCUT2D eigenvalue weighted by atomic mass is 35.5. The summed E-state index contributed by atoms with van der Waals surface area (Å²) in [7, 11) is -3.85. The van der Waals surface area contributed by atoms with E-state index in [1.807, 2.05) is 6.92 Å². The standard InChI is InChI=1S/C25H22ClN5O5S/c1-17-2-8-20(9-3-17)37(34,35)16-30-25(33)24(21-13-27-10-11-29-21)31(23(32)12-26)19-6-4-18(5-7-19)22-14-28-15-36-22/h2-11,13-15,24H,12,16H2,1H3,(H,30,33). The molecule has 0 radical (unpaired) electrons. The van der Waals surface area contributed by atoms with E-state index in [1.165, 1.54) is 37.1 Å². The minimum Gasteiger partial charge on any atom is -0.444 e. The van der Waals surface area contributed by atoms with Crippen LogP contribution < -0.4 is 10.2 Å². The Morgan fingerprint density at radius 1 is 1.03 bits per heavy atom. The van der Waals surface area contributed by atoms with Crippen LogP contribution in [-0.2, 0) is 19.4 Å². The Kier molecular flexibility index (Phi) is 7.95. The van der Waals surface area contributed by atoms with Crippen LogP contribution in [0.2, 0.25) is 0 Å². The molecule has 0 aliphatic carbocycles. The van der Waals surface area contributed by atoms with Crippen LogP contribution >= 0.6 is 11.6 Å². The van der Waals surface area contributed by atoms with Gasteiger partial charge in [-0.2, -0.15) is 0 Å². The van der Waals surface area contributed by atoms with Crippen LogP contribution in [0, 0.1) is 6.92 Å². The molecule has 10 nitrogen and oxygen atoms in total. The highest BCUT2D eigenvalue weighted by Gasteiger charge is 2.34. The maximum absolute atomic E-state index is 13.5. The number of benzene rings is 2. The van der Waals surface area contributed by atoms with Crippen molar-refractivity contribution in [2.24, 2.45) is 0 Å². The summed E-state index contributed by atoms with van der Waals surface area (Å²) in [6.45, 7) is 1.84. The SMILES string of the molecule is Cc1ccc(S(=O)(=O)CNC(=O)C(c2cnccn2)N(C(=O)CCl)c2ccc(-c3cnco3)cc2)cc1. The summed E-state index contributed by atoms with van der Waals surface area (Å²) in [5, 5.41) is 2.44. The summed E-state index contributed by atoms with van der Waals surface area (Å²) in [6, 6.07) is 11.5. The van der Waals surface area contributed by atoms with Crippen molar-refractivity contribution in [3.63, 3.8) is 0 Å². The van der Waals surface area contributed by atoms with Crippen molar-refractivity contribution >= 4 is 38.9 Å². The van der Waals surface area contributed by atoms with Crippen LogP contribution in [0.25, 0.3) is 11.3 Å². The van der Waals surface area contributed by atoms with E-state index in [-0.39, 0.29) is 10.6 Å². The first-order chi connectivity index (χ1) is 17.8. The Morgan fingerprint density at radius 2 is 1.76 bits per heavy atom. The minimum absolute atomic E-state index is 0.0612. The quantitative estimate of drug-likeness (QED) is 0.320. The summed E-state index contributed by atoms with van der Waals surface area (Å²) >= 11 is 5.91. The molecule has 0 aliphatic rings. The number of oxazole rings is 1. The number of carbonyl (C=O) groups excluding carboxylic acids is 2.